The Labute approximate surface area is 220 Å². The third kappa shape index (κ3) is 12.4. The highest BCUT2D eigenvalue weighted by Gasteiger charge is 2.06. The maximum Gasteiger partial charge on any atom is 0.0184 e. The van der Waals surface area contributed by atoms with Crippen LogP contribution >= 0.6 is 35.3 Å². The van der Waals surface area contributed by atoms with Gasteiger partial charge in [0, 0.05) is 17.3 Å². The Balaban J connectivity index is 1.30. The molecule has 0 aromatic heterocycles. The van der Waals surface area contributed by atoms with E-state index in [4.69, 9.17) is 0 Å². The zero-order valence-corrected chi connectivity index (χ0v) is 22.8. The second kappa shape index (κ2) is 18.0. The van der Waals surface area contributed by atoms with Gasteiger partial charge in [-0.15, -0.1) is 0 Å². The van der Waals surface area contributed by atoms with Crippen LogP contribution in [0, 0.1) is 0 Å². The molecule has 0 amide bonds. The molecule has 0 heterocycles. The first-order chi connectivity index (χ1) is 16.9. The minimum Gasteiger partial charge on any atom is -0.303 e. The quantitative estimate of drug-likeness (QED) is 0.159. The lowest BCUT2D eigenvalue weighted by molar-refractivity contribution is 0.278. The van der Waals surface area contributed by atoms with Crippen LogP contribution in [0.25, 0.3) is 0 Å². The van der Waals surface area contributed by atoms with Gasteiger partial charge in [0.05, 0.1) is 0 Å². The van der Waals surface area contributed by atoms with Crippen LogP contribution in [0.15, 0.2) is 91.0 Å². The van der Waals surface area contributed by atoms with Crippen molar-refractivity contribution in [3.05, 3.63) is 108 Å². The second-order valence-corrected chi connectivity index (χ2v) is 11.8. The molecule has 1 nitrogen and oxygen atoms in total. The molecule has 4 heteroatoms. The number of rotatable bonds is 18. The fourth-order valence-corrected chi connectivity index (χ4v) is 6.52. The lowest BCUT2D eigenvalue weighted by Gasteiger charge is -2.22. The molecule has 0 N–H and O–H groups in total. The molecule has 3 aromatic carbocycles. The van der Waals surface area contributed by atoms with E-state index in [0.717, 1.165) is 17.3 Å². The first kappa shape index (κ1) is 27.3. The fraction of sp³-hybridized carbons (Fsp3) is 0.400. The lowest BCUT2D eigenvalue weighted by Crippen LogP contribution is -2.28. The van der Waals surface area contributed by atoms with Crippen molar-refractivity contribution in [1.82, 2.24) is 4.90 Å². The maximum absolute atomic E-state index is 2.72. The van der Waals surface area contributed by atoms with Gasteiger partial charge in [0.2, 0.25) is 0 Å². The Hall–Kier alpha value is -1.33. The number of benzene rings is 3. The van der Waals surface area contributed by atoms with E-state index in [0.29, 0.717) is 0 Å². The molecule has 3 aromatic rings. The van der Waals surface area contributed by atoms with Crippen LogP contribution in [0.1, 0.15) is 36.0 Å². The van der Waals surface area contributed by atoms with E-state index in [2.05, 4.69) is 131 Å². The molecule has 0 spiro atoms. The zero-order valence-electron chi connectivity index (χ0n) is 20.3. The van der Waals surface area contributed by atoms with Gasteiger partial charge in [0.1, 0.15) is 0 Å². The van der Waals surface area contributed by atoms with Gasteiger partial charge >= 0.3 is 0 Å². The van der Waals surface area contributed by atoms with Crippen molar-refractivity contribution in [1.29, 1.82) is 0 Å². The molecule has 0 aliphatic carbocycles. The summed E-state index contributed by atoms with van der Waals surface area (Å²) in [4.78, 5) is 2.72. The molecule has 34 heavy (non-hydrogen) atoms. The Kier molecular flexibility index (Phi) is 14.4. The van der Waals surface area contributed by atoms with E-state index in [1.54, 1.807) is 0 Å². The average molecular weight is 510 g/mol. The number of hydrogen-bond donors (Lipinski definition) is 0. The van der Waals surface area contributed by atoms with Crippen molar-refractivity contribution >= 4 is 35.3 Å². The predicted molar refractivity (Wildman–Crippen MR) is 158 cm³/mol. The van der Waals surface area contributed by atoms with Crippen LogP contribution < -0.4 is 0 Å². The van der Waals surface area contributed by atoms with Crippen LogP contribution in [-0.2, 0) is 17.3 Å². The summed E-state index contributed by atoms with van der Waals surface area (Å²) in [7, 11) is 0. The number of thioether (sulfide) groups is 3. The number of hydrogen-bond acceptors (Lipinski definition) is 4. The molecule has 0 aliphatic rings. The molecule has 0 atom stereocenters. The Morgan fingerprint density at radius 3 is 1.00 bits per heavy atom. The summed E-state index contributed by atoms with van der Waals surface area (Å²) in [5.41, 5.74) is 4.32. The highest BCUT2D eigenvalue weighted by Crippen LogP contribution is 2.16. The SMILES string of the molecule is c1ccc(CSCCCN(CCCSCc2ccccc2)CCCSCc2ccccc2)cc1. The second-order valence-electron chi connectivity index (χ2n) is 8.52. The minimum absolute atomic E-state index is 1.13. The summed E-state index contributed by atoms with van der Waals surface area (Å²) in [6.07, 6.45) is 3.85. The van der Waals surface area contributed by atoms with Gasteiger partial charge in [-0.3, -0.25) is 0 Å². The molecule has 0 saturated heterocycles. The molecule has 0 saturated carbocycles. The fourth-order valence-electron chi connectivity index (χ4n) is 3.80. The van der Waals surface area contributed by atoms with E-state index in [1.807, 2.05) is 0 Å². The van der Waals surface area contributed by atoms with Crippen molar-refractivity contribution < 1.29 is 0 Å². The van der Waals surface area contributed by atoms with Crippen LogP contribution in [0.3, 0.4) is 0 Å². The monoisotopic (exact) mass is 509 g/mol. The molecule has 0 fully saturated rings. The van der Waals surface area contributed by atoms with E-state index >= 15 is 0 Å². The van der Waals surface area contributed by atoms with Crippen molar-refractivity contribution in [3.8, 4) is 0 Å². The van der Waals surface area contributed by atoms with Gasteiger partial charge in [-0.2, -0.15) is 35.3 Å². The predicted octanol–water partition coefficient (Wildman–Crippen LogP) is 8.26. The van der Waals surface area contributed by atoms with Gasteiger partial charge in [-0.25, -0.2) is 0 Å². The lowest BCUT2D eigenvalue weighted by atomic mass is 10.2. The van der Waals surface area contributed by atoms with E-state index in [-0.39, 0.29) is 0 Å². The van der Waals surface area contributed by atoms with Crippen molar-refractivity contribution in [2.45, 2.75) is 36.5 Å². The van der Waals surface area contributed by atoms with Crippen LogP contribution in [-0.4, -0.2) is 41.8 Å². The summed E-state index contributed by atoms with van der Waals surface area (Å²) in [6.45, 7) is 3.69. The van der Waals surface area contributed by atoms with Gasteiger partial charge in [0.25, 0.3) is 0 Å². The van der Waals surface area contributed by atoms with Crippen LogP contribution in [0.4, 0.5) is 0 Å². The van der Waals surface area contributed by atoms with Crippen molar-refractivity contribution in [2.24, 2.45) is 0 Å². The standard InChI is InChI=1S/C30H39NS3/c1-4-13-28(14-5-1)25-32-22-10-19-31(20-11-23-33-26-29-15-6-2-7-16-29)21-12-24-34-27-30-17-8-3-9-18-30/h1-9,13-18H,10-12,19-27H2. The first-order valence-corrected chi connectivity index (χ1v) is 15.9. The molecular formula is C30H39NS3. The summed E-state index contributed by atoms with van der Waals surface area (Å²) in [6, 6.07) is 32.6. The topological polar surface area (TPSA) is 3.24 Å². The molecular weight excluding hydrogens is 471 g/mol. The zero-order chi connectivity index (χ0) is 23.5. The van der Waals surface area contributed by atoms with Crippen LogP contribution in [0.2, 0.25) is 0 Å². The van der Waals surface area contributed by atoms with Crippen LogP contribution in [0.5, 0.6) is 0 Å². The third-order valence-corrected chi connectivity index (χ3v) is 8.97. The maximum atomic E-state index is 2.72. The molecule has 0 bridgehead atoms. The van der Waals surface area contributed by atoms with Crippen molar-refractivity contribution in [3.63, 3.8) is 0 Å². The average Bonchev–Trinajstić information content (AvgIpc) is 2.89. The van der Waals surface area contributed by atoms with Gasteiger partial charge in [-0.1, -0.05) is 91.0 Å². The van der Waals surface area contributed by atoms with E-state index < -0.39 is 0 Å². The van der Waals surface area contributed by atoms with Crippen molar-refractivity contribution in [2.75, 3.05) is 36.9 Å². The molecule has 0 aliphatic heterocycles. The first-order valence-electron chi connectivity index (χ1n) is 12.5. The third-order valence-electron chi connectivity index (χ3n) is 5.62. The van der Waals surface area contributed by atoms with E-state index in [1.165, 1.54) is 72.8 Å². The Morgan fingerprint density at radius 2 is 0.706 bits per heavy atom. The Morgan fingerprint density at radius 1 is 0.412 bits per heavy atom. The minimum atomic E-state index is 1.13. The summed E-state index contributed by atoms with van der Waals surface area (Å²) in [5, 5.41) is 0. The Bertz CT molecular complexity index is 740. The summed E-state index contributed by atoms with van der Waals surface area (Å²) in [5.74, 6) is 7.14. The van der Waals surface area contributed by atoms with Gasteiger partial charge in [-0.05, 0) is 72.8 Å². The largest absolute Gasteiger partial charge is 0.303 e. The van der Waals surface area contributed by atoms with Gasteiger partial charge < -0.3 is 4.90 Å². The molecule has 182 valence electrons. The highest BCUT2D eigenvalue weighted by molar-refractivity contribution is 7.98. The molecule has 0 radical (unpaired) electrons. The summed E-state index contributed by atoms with van der Waals surface area (Å²) < 4.78 is 0. The highest BCUT2D eigenvalue weighted by atomic mass is 32.2. The smallest absolute Gasteiger partial charge is 0.0184 e. The number of nitrogens with zero attached hydrogens (tertiary/aromatic N) is 1. The van der Waals surface area contributed by atoms with E-state index in [9.17, 15) is 0 Å². The molecule has 0 unspecified atom stereocenters. The van der Waals surface area contributed by atoms with Gasteiger partial charge in [0.15, 0.2) is 0 Å². The normalized spacial score (nSPS) is 11.2. The summed E-state index contributed by atoms with van der Waals surface area (Å²) >= 11 is 6.22. The molecule has 3 rings (SSSR count).